The van der Waals surface area contributed by atoms with Crippen molar-refractivity contribution in [3.05, 3.63) is 69.7 Å². The van der Waals surface area contributed by atoms with Crippen LogP contribution in [-0.4, -0.2) is 24.3 Å². The number of carbonyl (C=O) groups is 2. The Hall–Kier alpha value is -2.57. The molecule has 124 valence electrons. The second-order valence-electron chi connectivity index (χ2n) is 4.64. The number of hydrogen-bond acceptors (Lipinski definition) is 4. The highest BCUT2D eigenvalue weighted by Crippen LogP contribution is 2.10. The van der Waals surface area contributed by atoms with Crippen molar-refractivity contribution in [3.63, 3.8) is 0 Å². The van der Waals surface area contributed by atoms with Crippen LogP contribution in [0.1, 0.15) is 15.9 Å². The Bertz CT molecular complexity index is 759. The third-order valence-corrected chi connectivity index (χ3v) is 3.39. The Morgan fingerprint density at radius 3 is 2.00 bits per heavy atom. The van der Waals surface area contributed by atoms with E-state index in [9.17, 15) is 9.59 Å². The summed E-state index contributed by atoms with van der Waals surface area (Å²) in [5, 5.41) is 6.99. The van der Waals surface area contributed by atoms with E-state index in [1.807, 2.05) is 0 Å². The molecule has 0 heterocycles. The number of amidine groups is 1. The van der Waals surface area contributed by atoms with Crippen LogP contribution in [0.5, 0.6) is 0 Å². The molecule has 1 amide bonds. The summed E-state index contributed by atoms with van der Waals surface area (Å²) in [6, 6.07) is 12.8. The van der Waals surface area contributed by atoms with Gasteiger partial charge in [0, 0.05) is 21.2 Å². The van der Waals surface area contributed by atoms with Crippen LogP contribution >= 0.6 is 23.2 Å². The summed E-state index contributed by atoms with van der Waals surface area (Å²) in [5.41, 5.74) is 6.61. The minimum absolute atomic E-state index is 0.0176. The maximum Gasteiger partial charge on any atom is 0.354 e. The van der Waals surface area contributed by atoms with Crippen LogP contribution < -0.4 is 11.1 Å². The van der Waals surface area contributed by atoms with Crippen LogP contribution in [0.25, 0.3) is 0 Å². The summed E-state index contributed by atoms with van der Waals surface area (Å²) in [7, 11) is 0. The molecule has 24 heavy (non-hydrogen) atoms. The molecule has 0 aromatic heterocycles. The van der Waals surface area contributed by atoms with Crippen molar-refractivity contribution in [2.45, 2.75) is 0 Å². The zero-order valence-corrected chi connectivity index (χ0v) is 13.8. The molecule has 2 rings (SSSR count). The third-order valence-electron chi connectivity index (χ3n) is 2.89. The highest BCUT2D eigenvalue weighted by molar-refractivity contribution is 6.31. The first-order valence-electron chi connectivity index (χ1n) is 6.79. The fourth-order valence-corrected chi connectivity index (χ4v) is 1.91. The second-order valence-corrected chi connectivity index (χ2v) is 5.51. The first kappa shape index (κ1) is 17.8. The van der Waals surface area contributed by atoms with Crippen LogP contribution in [0.4, 0.5) is 0 Å². The molecule has 0 fully saturated rings. The molecule has 0 aliphatic rings. The summed E-state index contributed by atoms with van der Waals surface area (Å²) >= 11 is 11.5. The average Bonchev–Trinajstić information content (AvgIpc) is 2.58. The zero-order chi connectivity index (χ0) is 17.5. The van der Waals surface area contributed by atoms with E-state index in [1.54, 1.807) is 48.5 Å². The lowest BCUT2D eigenvalue weighted by Gasteiger charge is -2.04. The molecule has 3 N–H and O–H groups in total. The van der Waals surface area contributed by atoms with E-state index in [4.69, 9.17) is 28.9 Å². The number of halogens is 2. The predicted molar refractivity (Wildman–Crippen MR) is 92.1 cm³/mol. The molecule has 0 spiro atoms. The minimum Gasteiger partial charge on any atom is -0.380 e. The molecule has 0 aliphatic heterocycles. The quantitative estimate of drug-likeness (QED) is 0.368. The summed E-state index contributed by atoms with van der Waals surface area (Å²) in [5.74, 6) is -1.17. The predicted octanol–water partition coefficient (Wildman–Crippen LogP) is 2.59. The van der Waals surface area contributed by atoms with Gasteiger partial charge in [0.2, 0.25) is 0 Å². The van der Waals surface area contributed by atoms with Gasteiger partial charge in [-0.1, -0.05) is 28.4 Å². The summed E-state index contributed by atoms with van der Waals surface area (Å²) in [4.78, 5) is 28.0. The van der Waals surface area contributed by atoms with Crippen molar-refractivity contribution in [1.82, 2.24) is 5.32 Å². The Kier molecular flexibility index (Phi) is 6.17. The van der Waals surface area contributed by atoms with Crippen LogP contribution in [0.15, 0.2) is 53.7 Å². The van der Waals surface area contributed by atoms with Gasteiger partial charge in [0.25, 0.3) is 5.91 Å². The maximum absolute atomic E-state index is 11.8. The first-order chi connectivity index (χ1) is 11.5. The Labute approximate surface area is 148 Å². The summed E-state index contributed by atoms with van der Waals surface area (Å²) < 4.78 is 0. The molecule has 0 saturated heterocycles. The summed E-state index contributed by atoms with van der Waals surface area (Å²) in [6.07, 6.45) is 0. The number of amides is 1. The normalized spacial score (nSPS) is 11.0. The van der Waals surface area contributed by atoms with E-state index < -0.39 is 11.9 Å². The number of nitrogens with one attached hydrogen (secondary N) is 1. The molecule has 0 aliphatic carbocycles. The molecule has 0 radical (unpaired) electrons. The van der Waals surface area contributed by atoms with E-state index in [-0.39, 0.29) is 12.4 Å². The van der Waals surface area contributed by atoms with Gasteiger partial charge in [-0.05, 0) is 48.5 Å². The summed E-state index contributed by atoms with van der Waals surface area (Å²) in [6.45, 7) is -0.348. The largest absolute Gasteiger partial charge is 0.380 e. The lowest BCUT2D eigenvalue weighted by atomic mass is 10.2. The molecule has 0 unspecified atom stereocenters. The molecule has 0 saturated carbocycles. The molecular weight excluding hydrogens is 353 g/mol. The Morgan fingerprint density at radius 2 is 1.46 bits per heavy atom. The monoisotopic (exact) mass is 365 g/mol. The fourth-order valence-electron chi connectivity index (χ4n) is 1.66. The van der Waals surface area contributed by atoms with Crippen molar-refractivity contribution in [1.29, 1.82) is 0 Å². The lowest BCUT2D eigenvalue weighted by molar-refractivity contribution is -0.142. The molecule has 0 bridgehead atoms. The smallest absolute Gasteiger partial charge is 0.354 e. The third kappa shape index (κ3) is 5.26. The minimum atomic E-state index is -0.755. The number of rotatable bonds is 5. The van der Waals surface area contributed by atoms with Crippen molar-refractivity contribution < 1.29 is 14.4 Å². The highest BCUT2D eigenvalue weighted by Gasteiger charge is 2.09. The molecule has 8 heteroatoms. The molecular formula is C16H13Cl2N3O3. The van der Waals surface area contributed by atoms with Gasteiger partial charge in [-0.25, -0.2) is 4.79 Å². The van der Waals surface area contributed by atoms with Gasteiger partial charge in [0.15, 0.2) is 5.84 Å². The second kappa shape index (κ2) is 8.33. The van der Waals surface area contributed by atoms with Gasteiger partial charge in [-0.3, -0.25) is 4.79 Å². The van der Waals surface area contributed by atoms with Crippen molar-refractivity contribution >= 4 is 40.9 Å². The highest BCUT2D eigenvalue weighted by atomic mass is 35.5. The van der Waals surface area contributed by atoms with Crippen LogP contribution in [0.2, 0.25) is 10.0 Å². The SMILES string of the molecule is N/C(=N/OC(=O)CNC(=O)c1ccc(Cl)cc1)c1ccc(Cl)cc1. The van der Waals surface area contributed by atoms with Gasteiger partial charge in [0.05, 0.1) is 0 Å². The number of carbonyl (C=O) groups excluding carboxylic acids is 2. The lowest BCUT2D eigenvalue weighted by Crippen LogP contribution is -2.30. The fraction of sp³-hybridized carbons (Fsp3) is 0.0625. The Morgan fingerprint density at radius 1 is 0.958 bits per heavy atom. The molecule has 2 aromatic carbocycles. The molecule has 6 nitrogen and oxygen atoms in total. The van der Waals surface area contributed by atoms with E-state index >= 15 is 0 Å². The topological polar surface area (TPSA) is 93.8 Å². The number of nitrogens with two attached hydrogens (primary N) is 1. The van der Waals surface area contributed by atoms with E-state index in [2.05, 4.69) is 15.3 Å². The van der Waals surface area contributed by atoms with Gasteiger partial charge in [0.1, 0.15) is 6.54 Å². The Balaban J connectivity index is 1.84. The number of oxime groups is 1. The van der Waals surface area contributed by atoms with Crippen LogP contribution in [0, 0.1) is 0 Å². The van der Waals surface area contributed by atoms with E-state index in [1.165, 1.54) is 0 Å². The zero-order valence-electron chi connectivity index (χ0n) is 12.3. The van der Waals surface area contributed by atoms with Gasteiger partial charge < -0.3 is 15.9 Å². The standard InChI is InChI=1S/C16H13Cl2N3O3/c17-12-5-1-10(2-6-12)15(19)21-24-14(22)9-20-16(23)11-3-7-13(18)8-4-11/h1-8H,9H2,(H2,19,21)(H,20,23). The van der Waals surface area contributed by atoms with E-state index in [0.717, 1.165) is 0 Å². The number of benzene rings is 2. The van der Waals surface area contributed by atoms with Crippen molar-refractivity contribution in [2.24, 2.45) is 10.9 Å². The number of nitrogens with zero attached hydrogens (tertiary/aromatic N) is 1. The molecule has 0 atom stereocenters. The van der Waals surface area contributed by atoms with E-state index in [0.29, 0.717) is 21.2 Å². The van der Waals surface area contributed by atoms with Crippen LogP contribution in [0.3, 0.4) is 0 Å². The van der Waals surface area contributed by atoms with Gasteiger partial charge >= 0.3 is 5.97 Å². The first-order valence-corrected chi connectivity index (χ1v) is 7.54. The van der Waals surface area contributed by atoms with Gasteiger partial charge in [-0.15, -0.1) is 0 Å². The van der Waals surface area contributed by atoms with Crippen LogP contribution in [-0.2, 0) is 9.63 Å². The number of hydrogen-bond donors (Lipinski definition) is 2. The molecule has 2 aromatic rings. The van der Waals surface area contributed by atoms with Gasteiger partial charge in [-0.2, -0.15) is 0 Å². The maximum atomic E-state index is 11.8. The average molecular weight is 366 g/mol. The van der Waals surface area contributed by atoms with Crippen molar-refractivity contribution in [2.75, 3.05) is 6.54 Å². The van der Waals surface area contributed by atoms with Crippen molar-refractivity contribution in [3.8, 4) is 0 Å².